The summed E-state index contributed by atoms with van der Waals surface area (Å²) >= 11 is 0. The lowest BCUT2D eigenvalue weighted by molar-refractivity contribution is 0.0426. The molecule has 24 heavy (non-hydrogen) atoms. The van der Waals surface area contributed by atoms with Crippen LogP contribution in [0.2, 0.25) is 11.6 Å². The van der Waals surface area contributed by atoms with Crippen molar-refractivity contribution in [2.24, 2.45) is 5.92 Å². The first-order valence-corrected chi connectivity index (χ1v) is 11.8. The second kappa shape index (κ2) is 8.64. The van der Waals surface area contributed by atoms with Crippen molar-refractivity contribution in [3.05, 3.63) is 36.0 Å². The molecule has 0 bridgehead atoms. The summed E-state index contributed by atoms with van der Waals surface area (Å²) in [7, 11) is 0.621. The van der Waals surface area contributed by atoms with Crippen LogP contribution in [0.5, 0.6) is 0 Å². The Labute approximate surface area is 150 Å². The predicted octanol–water partition coefficient (Wildman–Crippen LogP) is 5.56. The van der Waals surface area contributed by atoms with Crippen LogP contribution in [0.3, 0.4) is 0 Å². The second-order valence-corrected chi connectivity index (χ2v) is 11.8. The van der Waals surface area contributed by atoms with Crippen LogP contribution < -0.4 is 0 Å². The summed E-state index contributed by atoms with van der Waals surface area (Å²) in [5, 5.41) is 0.289. The first-order valence-electron chi connectivity index (χ1n) is 9.57. The van der Waals surface area contributed by atoms with Gasteiger partial charge in [-0.1, -0.05) is 52.0 Å². The minimum atomic E-state index is -1.24. The van der Waals surface area contributed by atoms with Crippen LogP contribution in [0, 0.1) is 5.92 Å². The largest absolute Gasteiger partial charge is 0.413 e. The maximum absolute atomic E-state index is 6.49. The van der Waals surface area contributed by atoms with E-state index in [9.17, 15) is 0 Å². The Morgan fingerprint density at radius 3 is 2.46 bits per heavy atom. The van der Waals surface area contributed by atoms with E-state index in [4.69, 9.17) is 9.16 Å². The monoisotopic (exact) mass is 348 g/mol. The van der Waals surface area contributed by atoms with Crippen LogP contribution in [0.25, 0.3) is 0 Å². The lowest BCUT2D eigenvalue weighted by atomic mass is 9.77. The maximum atomic E-state index is 6.49. The highest BCUT2D eigenvalue weighted by Gasteiger charge is 2.30. The fourth-order valence-electron chi connectivity index (χ4n) is 3.40. The van der Waals surface area contributed by atoms with Crippen molar-refractivity contribution in [3.8, 4) is 0 Å². The van der Waals surface area contributed by atoms with Crippen molar-refractivity contribution < 1.29 is 9.16 Å². The van der Waals surface area contributed by atoms with Crippen molar-refractivity contribution in [1.29, 1.82) is 0 Å². The number of hydrogen-bond acceptors (Lipinski definition) is 2. The summed E-state index contributed by atoms with van der Waals surface area (Å²) in [6.07, 6.45) is 14.4. The Kier molecular flexibility index (Phi) is 7.08. The molecule has 2 aliphatic carbocycles. The number of rotatable bonds is 5. The van der Waals surface area contributed by atoms with Crippen LogP contribution in [0.4, 0.5) is 0 Å². The standard InChI is InChI=1S/C21H36O2Si/c1-16-10-7-11-17(20(22-5)18-12-8-13-18)14-9-15-19(16)23-24(6)21(2,3)4/h7,10-11,18-20,24H,1,8-9,12-15H2,2-6H3/b10-7-,17-11+. The van der Waals surface area contributed by atoms with E-state index in [1.165, 1.54) is 24.8 Å². The van der Waals surface area contributed by atoms with E-state index < -0.39 is 9.04 Å². The van der Waals surface area contributed by atoms with Gasteiger partial charge in [0.05, 0.1) is 12.2 Å². The molecule has 0 N–H and O–H groups in total. The van der Waals surface area contributed by atoms with Gasteiger partial charge in [0.25, 0.3) is 0 Å². The third-order valence-electron chi connectivity index (χ3n) is 5.75. The molecule has 1 saturated carbocycles. The molecule has 0 aliphatic heterocycles. The van der Waals surface area contributed by atoms with Crippen molar-refractivity contribution in [1.82, 2.24) is 0 Å². The molecule has 0 saturated heterocycles. The molecule has 0 aromatic rings. The first kappa shape index (κ1) is 19.7. The lowest BCUT2D eigenvalue weighted by Gasteiger charge is -2.34. The van der Waals surface area contributed by atoms with Gasteiger partial charge in [-0.15, -0.1) is 0 Å². The smallest absolute Gasteiger partial charge is 0.180 e. The average molecular weight is 349 g/mol. The van der Waals surface area contributed by atoms with Crippen molar-refractivity contribution in [3.63, 3.8) is 0 Å². The molecule has 0 aromatic heterocycles. The molecular formula is C21H36O2Si. The second-order valence-electron chi connectivity index (χ2n) is 8.55. The van der Waals surface area contributed by atoms with Gasteiger partial charge in [0.2, 0.25) is 0 Å². The summed E-state index contributed by atoms with van der Waals surface area (Å²) in [6.45, 7) is 13.5. The minimum absolute atomic E-state index is 0.180. The van der Waals surface area contributed by atoms with E-state index in [0.29, 0.717) is 6.10 Å². The predicted molar refractivity (Wildman–Crippen MR) is 106 cm³/mol. The van der Waals surface area contributed by atoms with Gasteiger partial charge in [0.15, 0.2) is 9.04 Å². The lowest BCUT2D eigenvalue weighted by Crippen LogP contribution is -2.32. The van der Waals surface area contributed by atoms with Gasteiger partial charge in [-0.2, -0.15) is 0 Å². The van der Waals surface area contributed by atoms with E-state index in [2.05, 4.69) is 52.1 Å². The third-order valence-corrected chi connectivity index (χ3v) is 8.93. The topological polar surface area (TPSA) is 18.5 Å². The summed E-state index contributed by atoms with van der Waals surface area (Å²) in [6, 6.07) is 0. The number of allylic oxidation sites excluding steroid dienone is 2. The Morgan fingerprint density at radius 1 is 1.21 bits per heavy atom. The molecule has 2 aliphatic rings. The molecule has 0 amide bonds. The zero-order chi connectivity index (χ0) is 17.7. The highest BCUT2D eigenvalue weighted by Crippen LogP contribution is 2.36. The zero-order valence-corrected chi connectivity index (χ0v) is 17.5. The van der Waals surface area contributed by atoms with Gasteiger partial charge < -0.3 is 9.16 Å². The Bertz CT molecular complexity index is 483. The van der Waals surface area contributed by atoms with Crippen LogP contribution in [-0.2, 0) is 9.16 Å². The summed E-state index contributed by atoms with van der Waals surface area (Å²) in [5.74, 6) is 0.721. The Morgan fingerprint density at radius 2 is 1.92 bits per heavy atom. The molecule has 0 aromatic carbocycles. The molecule has 3 heteroatoms. The first-order chi connectivity index (χ1) is 11.3. The van der Waals surface area contributed by atoms with Gasteiger partial charge >= 0.3 is 0 Å². The molecule has 3 unspecified atom stereocenters. The number of ether oxygens (including phenoxy) is 1. The van der Waals surface area contributed by atoms with E-state index in [1.54, 1.807) is 0 Å². The van der Waals surface area contributed by atoms with E-state index in [0.717, 1.165) is 30.8 Å². The highest BCUT2D eigenvalue weighted by atomic mass is 28.3. The molecular weight excluding hydrogens is 312 g/mol. The van der Waals surface area contributed by atoms with Crippen LogP contribution >= 0.6 is 0 Å². The highest BCUT2D eigenvalue weighted by molar-refractivity contribution is 6.53. The molecule has 0 radical (unpaired) electrons. The maximum Gasteiger partial charge on any atom is 0.180 e. The zero-order valence-electron chi connectivity index (χ0n) is 16.3. The molecule has 2 rings (SSSR count). The van der Waals surface area contributed by atoms with Crippen molar-refractivity contribution in [2.75, 3.05) is 7.11 Å². The average Bonchev–Trinajstić information content (AvgIpc) is 2.54. The summed E-state index contributed by atoms with van der Waals surface area (Å²) < 4.78 is 12.3. The van der Waals surface area contributed by atoms with E-state index >= 15 is 0 Å². The molecule has 2 nitrogen and oxygen atoms in total. The molecule has 0 heterocycles. The third kappa shape index (κ3) is 5.17. The van der Waals surface area contributed by atoms with Gasteiger partial charge in [-0.05, 0) is 60.8 Å². The quantitative estimate of drug-likeness (QED) is 0.605. The van der Waals surface area contributed by atoms with Crippen LogP contribution in [0.15, 0.2) is 36.0 Å². The Balaban J connectivity index is 2.01. The molecule has 136 valence electrons. The normalized spacial score (nSPS) is 29.5. The summed E-state index contributed by atoms with van der Waals surface area (Å²) in [4.78, 5) is 0. The molecule has 0 spiro atoms. The van der Waals surface area contributed by atoms with Crippen LogP contribution in [0.1, 0.15) is 59.3 Å². The molecule has 3 atom stereocenters. The SMILES string of the molecule is C=C1/C=C\C=C(\C(OC)C2CCC2)CCCC1O[SiH](C)C(C)(C)C. The van der Waals surface area contributed by atoms with E-state index in [-0.39, 0.29) is 11.1 Å². The number of hydrogen-bond donors (Lipinski definition) is 0. The van der Waals surface area contributed by atoms with Crippen LogP contribution in [-0.4, -0.2) is 28.4 Å². The van der Waals surface area contributed by atoms with E-state index in [1.807, 2.05) is 7.11 Å². The fraction of sp³-hybridized carbons (Fsp3) is 0.714. The Hall–Kier alpha value is -0.643. The van der Waals surface area contributed by atoms with Gasteiger partial charge in [0, 0.05) is 7.11 Å². The molecule has 1 fully saturated rings. The van der Waals surface area contributed by atoms with Crippen molar-refractivity contribution in [2.45, 2.75) is 83.1 Å². The minimum Gasteiger partial charge on any atom is -0.413 e. The van der Waals surface area contributed by atoms with Crippen molar-refractivity contribution >= 4 is 9.04 Å². The van der Waals surface area contributed by atoms with Gasteiger partial charge in [0.1, 0.15) is 0 Å². The fourth-order valence-corrected chi connectivity index (χ4v) is 4.61. The summed E-state index contributed by atoms with van der Waals surface area (Å²) in [5.41, 5.74) is 2.57. The van der Waals surface area contributed by atoms with Gasteiger partial charge in [-0.25, -0.2) is 0 Å². The number of methoxy groups -OCH3 is 1. The van der Waals surface area contributed by atoms with Gasteiger partial charge in [-0.3, -0.25) is 0 Å².